The minimum atomic E-state index is -1.69. The maximum absolute atomic E-state index is 14.5. The van der Waals surface area contributed by atoms with E-state index in [1.165, 1.54) is 12.2 Å². The van der Waals surface area contributed by atoms with Crippen LogP contribution in [0.4, 0.5) is 4.39 Å². The maximum atomic E-state index is 14.5. The summed E-state index contributed by atoms with van der Waals surface area (Å²) in [5, 5.41) is 31.9. The van der Waals surface area contributed by atoms with Crippen LogP contribution in [0.15, 0.2) is 6.07 Å². The van der Waals surface area contributed by atoms with Crippen LogP contribution in [0.3, 0.4) is 0 Å². The first kappa shape index (κ1) is 21.9. The minimum absolute atomic E-state index is 0.00644. The maximum Gasteiger partial charge on any atom is 0.266 e. The number of hydrogen-bond acceptors (Lipinski definition) is 5. The molecular weight excluding hydrogens is 379 g/mol. The summed E-state index contributed by atoms with van der Waals surface area (Å²) in [6.07, 6.45) is 3.41. The third-order valence-corrected chi connectivity index (χ3v) is 6.02. The van der Waals surface area contributed by atoms with Crippen LogP contribution in [0.25, 0.3) is 12.2 Å². The predicted molar refractivity (Wildman–Crippen MR) is 107 cm³/mol. The third-order valence-electron chi connectivity index (χ3n) is 6.02. The highest BCUT2D eigenvalue weighted by Crippen LogP contribution is 2.48. The SMILES string of the molecule is CC(C)(O)OCC1(Cn2c(C(C)(C)CCO)cc3c2=CC(F)C([N+](=O)[O-])C=3)CC1. The van der Waals surface area contributed by atoms with Crippen LogP contribution in [0.5, 0.6) is 0 Å². The number of aromatic nitrogens is 1. The van der Waals surface area contributed by atoms with Gasteiger partial charge in [0.15, 0.2) is 12.0 Å². The first-order valence-corrected chi connectivity index (χ1v) is 10.1. The van der Waals surface area contributed by atoms with E-state index in [2.05, 4.69) is 0 Å². The van der Waals surface area contributed by atoms with E-state index >= 15 is 0 Å². The molecule has 1 saturated carbocycles. The molecule has 7 nitrogen and oxygen atoms in total. The molecule has 2 aliphatic rings. The molecule has 0 bridgehead atoms. The molecule has 0 saturated heterocycles. The van der Waals surface area contributed by atoms with Crippen molar-refractivity contribution in [2.24, 2.45) is 5.41 Å². The second-order valence-corrected chi connectivity index (χ2v) is 9.60. The van der Waals surface area contributed by atoms with Crippen molar-refractivity contribution in [3.8, 4) is 0 Å². The molecule has 0 aromatic carbocycles. The van der Waals surface area contributed by atoms with Crippen molar-refractivity contribution in [2.75, 3.05) is 13.2 Å². The van der Waals surface area contributed by atoms with Gasteiger partial charge in [0.25, 0.3) is 6.04 Å². The average Bonchev–Trinajstić information content (AvgIpc) is 3.27. The van der Waals surface area contributed by atoms with Gasteiger partial charge in [0, 0.05) is 51.2 Å². The highest BCUT2D eigenvalue weighted by atomic mass is 19.1. The molecule has 2 N–H and O–H groups in total. The van der Waals surface area contributed by atoms with Crippen LogP contribution in [0.1, 0.15) is 52.7 Å². The van der Waals surface area contributed by atoms with Crippen molar-refractivity contribution < 1.29 is 24.3 Å². The highest BCUT2D eigenvalue weighted by molar-refractivity contribution is 5.46. The van der Waals surface area contributed by atoms with Gasteiger partial charge in [-0.05, 0) is 45.3 Å². The molecule has 162 valence electrons. The lowest BCUT2D eigenvalue weighted by Crippen LogP contribution is -2.43. The topological polar surface area (TPSA) is 97.8 Å². The van der Waals surface area contributed by atoms with Gasteiger partial charge in [-0.2, -0.15) is 0 Å². The van der Waals surface area contributed by atoms with E-state index in [-0.39, 0.29) is 12.0 Å². The Hall–Kier alpha value is -1.77. The molecule has 1 aromatic rings. The zero-order valence-electron chi connectivity index (χ0n) is 17.5. The van der Waals surface area contributed by atoms with Gasteiger partial charge in [-0.25, -0.2) is 4.39 Å². The Labute approximate surface area is 169 Å². The van der Waals surface area contributed by atoms with Gasteiger partial charge < -0.3 is 19.5 Å². The Morgan fingerprint density at radius 1 is 1.34 bits per heavy atom. The molecule has 2 atom stereocenters. The molecule has 0 radical (unpaired) electrons. The lowest BCUT2D eigenvalue weighted by atomic mass is 9.85. The van der Waals surface area contributed by atoms with Crippen molar-refractivity contribution >= 4 is 12.2 Å². The first-order chi connectivity index (χ1) is 13.4. The molecular formula is C21H31FN2O5. The summed E-state index contributed by atoms with van der Waals surface area (Å²) in [5.41, 5.74) is 0.364. The Balaban J connectivity index is 2.05. The van der Waals surface area contributed by atoms with E-state index in [1.807, 2.05) is 24.5 Å². The van der Waals surface area contributed by atoms with Crippen LogP contribution >= 0.6 is 0 Å². The van der Waals surface area contributed by atoms with Crippen LogP contribution in [-0.2, 0) is 16.7 Å². The molecule has 1 aromatic heterocycles. The minimum Gasteiger partial charge on any atom is -0.396 e. The molecule has 1 fully saturated rings. The van der Waals surface area contributed by atoms with Gasteiger partial charge >= 0.3 is 0 Å². The standard InChI is InChI=1S/C21H31FN2O5/c1-19(2,7-8-25)18-10-14-9-17(24(27)28)15(22)11-16(14)23(18)12-21(5-6-21)13-29-20(3,4)26/h9-11,15,17,25-26H,5-8,12-13H2,1-4H3. The normalized spacial score (nSPS) is 23.1. The Morgan fingerprint density at radius 3 is 2.52 bits per heavy atom. The molecule has 29 heavy (non-hydrogen) atoms. The summed E-state index contributed by atoms with van der Waals surface area (Å²) in [4.78, 5) is 10.6. The van der Waals surface area contributed by atoms with Crippen molar-refractivity contribution in [3.63, 3.8) is 0 Å². The number of alkyl halides is 1. The van der Waals surface area contributed by atoms with E-state index < -0.39 is 28.3 Å². The van der Waals surface area contributed by atoms with E-state index in [4.69, 9.17) is 4.74 Å². The van der Waals surface area contributed by atoms with Crippen molar-refractivity contribution in [1.82, 2.24) is 4.57 Å². The van der Waals surface area contributed by atoms with Gasteiger partial charge in [0.1, 0.15) is 0 Å². The number of halogens is 1. The Bertz CT molecular complexity index is 895. The summed E-state index contributed by atoms with van der Waals surface area (Å²) in [7, 11) is 0. The number of hydrogen-bond donors (Lipinski definition) is 2. The molecule has 2 unspecified atom stereocenters. The quantitative estimate of drug-likeness (QED) is 0.363. The zero-order valence-corrected chi connectivity index (χ0v) is 17.5. The van der Waals surface area contributed by atoms with Crippen molar-refractivity contribution in [2.45, 2.75) is 76.9 Å². The Kier molecular flexibility index (Phi) is 5.66. The number of rotatable bonds is 9. The van der Waals surface area contributed by atoms with E-state index in [1.54, 1.807) is 13.8 Å². The third kappa shape index (κ3) is 4.70. The van der Waals surface area contributed by atoms with E-state index in [9.17, 15) is 24.7 Å². The summed E-state index contributed by atoms with van der Waals surface area (Å²) >= 11 is 0. The monoisotopic (exact) mass is 410 g/mol. The van der Waals surface area contributed by atoms with E-state index in [0.717, 1.165) is 18.5 Å². The van der Waals surface area contributed by atoms with Crippen LogP contribution in [0, 0.1) is 15.5 Å². The number of nitrogens with zero attached hydrogens (tertiary/aromatic N) is 2. The van der Waals surface area contributed by atoms with Gasteiger partial charge in [0.05, 0.1) is 6.61 Å². The van der Waals surface area contributed by atoms with Gasteiger partial charge in [-0.1, -0.05) is 13.8 Å². The van der Waals surface area contributed by atoms with Gasteiger partial charge in [0.2, 0.25) is 0 Å². The fraction of sp³-hybridized carbons (Fsp3) is 0.714. The second kappa shape index (κ2) is 7.49. The predicted octanol–water partition coefficient (Wildman–Crippen LogP) is 1.23. The lowest BCUT2D eigenvalue weighted by Gasteiger charge is -2.29. The fourth-order valence-electron chi connectivity index (χ4n) is 3.94. The number of nitro groups is 1. The molecule has 0 spiro atoms. The molecule has 8 heteroatoms. The smallest absolute Gasteiger partial charge is 0.266 e. The summed E-state index contributed by atoms with van der Waals surface area (Å²) in [6.45, 7) is 8.14. The van der Waals surface area contributed by atoms with Crippen LogP contribution < -0.4 is 10.6 Å². The average molecular weight is 410 g/mol. The number of aliphatic hydroxyl groups excluding tert-OH is 1. The number of ether oxygens (including phenoxy) is 1. The summed E-state index contributed by atoms with van der Waals surface area (Å²) in [6, 6.07) is 0.497. The van der Waals surface area contributed by atoms with Crippen molar-refractivity contribution in [3.05, 3.63) is 32.4 Å². The second-order valence-electron chi connectivity index (χ2n) is 9.60. The van der Waals surface area contributed by atoms with Crippen molar-refractivity contribution in [1.29, 1.82) is 0 Å². The molecule has 3 rings (SSSR count). The molecule has 2 aliphatic carbocycles. The van der Waals surface area contributed by atoms with E-state index in [0.29, 0.717) is 30.1 Å². The highest BCUT2D eigenvalue weighted by Gasteiger charge is 2.45. The largest absolute Gasteiger partial charge is 0.396 e. The van der Waals surface area contributed by atoms with Crippen LogP contribution in [-0.4, -0.2) is 50.9 Å². The zero-order chi connectivity index (χ0) is 21.6. The first-order valence-electron chi connectivity index (χ1n) is 10.1. The number of aliphatic hydroxyl groups is 2. The van der Waals surface area contributed by atoms with Crippen LogP contribution in [0.2, 0.25) is 0 Å². The molecule has 1 heterocycles. The van der Waals surface area contributed by atoms with Gasteiger partial charge in [-0.3, -0.25) is 10.1 Å². The Morgan fingerprint density at radius 2 is 2.00 bits per heavy atom. The molecule has 0 amide bonds. The number of fused-ring (bicyclic) bond motifs is 1. The molecule has 0 aliphatic heterocycles. The summed E-state index contributed by atoms with van der Waals surface area (Å²) < 4.78 is 22.2. The van der Waals surface area contributed by atoms with Gasteiger partial charge in [-0.15, -0.1) is 0 Å². The fourth-order valence-corrected chi connectivity index (χ4v) is 3.94. The summed E-state index contributed by atoms with van der Waals surface area (Å²) in [5.74, 6) is -1.23. The lowest BCUT2D eigenvalue weighted by molar-refractivity contribution is -0.509.